The smallest absolute Gasteiger partial charge is 0.0126 e. The molecule has 1 aliphatic rings. The van der Waals surface area contributed by atoms with Crippen molar-refractivity contribution in [2.75, 3.05) is 0 Å². The summed E-state index contributed by atoms with van der Waals surface area (Å²) in [5.74, 6) is 0.773. The van der Waals surface area contributed by atoms with Gasteiger partial charge in [0.2, 0.25) is 0 Å². The maximum absolute atomic E-state index is 3.90. The van der Waals surface area contributed by atoms with Gasteiger partial charge in [0.05, 0.1) is 0 Å². The Labute approximate surface area is 155 Å². The van der Waals surface area contributed by atoms with E-state index >= 15 is 0 Å². The fourth-order valence-electron chi connectivity index (χ4n) is 2.52. The van der Waals surface area contributed by atoms with Gasteiger partial charge in [-0.25, -0.2) is 0 Å². The Morgan fingerprint density at radius 2 is 1.96 bits per heavy atom. The van der Waals surface area contributed by atoms with E-state index in [2.05, 4.69) is 88.1 Å². The number of hydrogen-bond donors (Lipinski definition) is 0. The van der Waals surface area contributed by atoms with Gasteiger partial charge in [-0.15, -0.1) is 0 Å². The quantitative estimate of drug-likeness (QED) is 0.351. The first kappa shape index (κ1) is 21.0. The van der Waals surface area contributed by atoms with Crippen LogP contribution in [0.1, 0.15) is 58.4 Å². The minimum Gasteiger partial charge on any atom is -0.0985 e. The highest BCUT2D eigenvalue weighted by Gasteiger charge is 2.00. The average Bonchev–Trinajstić information content (AvgIpc) is 2.68. The Hall–Kier alpha value is -2.08. The zero-order chi connectivity index (χ0) is 18.3. The van der Waals surface area contributed by atoms with Crippen molar-refractivity contribution in [2.45, 2.75) is 52.9 Å². The van der Waals surface area contributed by atoms with Crippen LogP contribution in [0.3, 0.4) is 0 Å². The van der Waals surface area contributed by atoms with E-state index in [9.17, 15) is 0 Å². The lowest BCUT2D eigenvalue weighted by Crippen LogP contribution is -1.87. The summed E-state index contributed by atoms with van der Waals surface area (Å²) in [7, 11) is 0. The van der Waals surface area contributed by atoms with Gasteiger partial charge in [0.15, 0.2) is 0 Å². The van der Waals surface area contributed by atoms with E-state index < -0.39 is 0 Å². The molecule has 0 saturated heterocycles. The summed E-state index contributed by atoms with van der Waals surface area (Å²) < 4.78 is 0. The van der Waals surface area contributed by atoms with Gasteiger partial charge < -0.3 is 0 Å². The zero-order valence-electron chi connectivity index (χ0n) is 16.2. The molecule has 0 fully saturated rings. The summed E-state index contributed by atoms with van der Waals surface area (Å²) in [6.45, 7) is 10.5. The molecule has 0 saturated carbocycles. The molecular formula is C25H34. The zero-order valence-corrected chi connectivity index (χ0v) is 16.2. The van der Waals surface area contributed by atoms with Crippen molar-refractivity contribution < 1.29 is 0 Å². The Morgan fingerprint density at radius 3 is 2.52 bits per heavy atom. The van der Waals surface area contributed by atoms with E-state index in [1.165, 1.54) is 42.4 Å². The molecule has 0 heterocycles. The van der Waals surface area contributed by atoms with Crippen LogP contribution < -0.4 is 0 Å². The SMILES string of the molecule is C=C/C(=C\CC1=CC=CCC1)c1ccccc1.CCC=C[C@H](C)CC. The van der Waals surface area contributed by atoms with Crippen molar-refractivity contribution in [3.8, 4) is 0 Å². The minimum atomic E-state index is 0.773. The molecule has 1 atom stereocenters. The summed E-state index contributed by atoms with van der Waals surface area (Å²) in [5, 5.41) is 0. The molecule has 1 aromatic carbocycles. The van der Waals surface area contributed by atoms with Crippen LogP contribution in [0.5, 0.6) is 0 Å². The van der Waals surface area contributed by atoms with Crippen LogP contribution in [0.4, 0.5) is 0 Å². The van der Waals surface area contributed by atoms with Gasteiger partial charge in [-0.05, 0) is 42.7 Å². The van der Waals surface area contributed by atoms with E-state index in [1.54, 1.807) is 0 Å². The van der Waals surface area contributed by atoms with Gasteiger partial charge in [-0.3, -0.25) is 0 Å². The summed E-state index contributed by atoms with van der Waals surface area (Å²) in [6, 6.07) is 10.4. The second-order valence-electron chi connectivity index (χ2n) is 6.45. The van der Waals surface area contributed by atoms with Crippen molar-refractivity contribution in [3.05, 3.63) is 90.6 Å². The highest BCUT2D eigenvalue weighted by atomic mass is 14.1. The molecule has 1 aromatic rings. The van der Waals surface area contributed by atoms with Crippen LogP contribution in [0.25, 0.3) is 5.57 Å². The highest BCUT2D eigenvalue weighted by Crippen LogP contribution is 2.21. The second-order valence-corrected chi connectivity index (χ2v) is 6.45. The normalized spacial score (nSPS) is 15.3. The molecule has 0 heteroatoms. The third-order valence-corrected chi connectivity index (χ3v) is 4.36. The first-order valence-electron chi connectivity index (χ1n) is 9.60. The molecule has 2 rings (SSSR count). The average molecular weight is 335 g/mol. The minimum absolute atomic E-state index is 0.773. The fourth-order valence-corrected chi connectivity index (χ4v) is 2.52. The van der Waals surface area contributed by atoms with E-state index in [1.807, 2.05) is 12.1 Å². The number of rotatable bonds is 7. The van der Waals surface area contributed by atoms with Crippen molar-refractivity contribution in [2.24, 2.45) is 5.92 Å². The van der Waals surface area contributed by atoms with Crippen LogP contribution in [-0.4, -0.2) is 0 Å². The van der Waals surface area contributed by atoms with E-state index in [0.29, 0.717) is 0 Å². The third kappa shape index (κ3) is 9.10. The molecule has 0 radical (unpaired) electrons. The number of benzene rings is 1. The molecule has 0 unspecified atom stereocenters. The van der Waals surface area contributed by atoms with Crippen LogP contribution in [-0.2, 0) is 0 Å². The van der Waals surface area contributed by atoms with E-state index in [-0.39, 0.29) is 0 Å². The van der Waals surface area contributed by atoms with Gasteiger partial charge >= 0.3 is 0 Å². The van der Waals surface area contributed by atoms with Crippen molar-refractivity contribution >= 4 is 5.57 Å². The maximum Gasteiger partial charge on any atom is -0.0126 e. The van der Waals surface area contributed by atoms with Crippen molar-refractivity contribution in [1.82, 2.24) is 0 Å². The van der Waals surface area contributed by atoms with Gasteiger partial charge in [0.25, 0.3) is 0 Å². The van der Waals surface area contributed by atoms with E-state index in [0.717, 1.165) is 12.3 Å². The second kappa shape index (κ2) is 13.2. The van der Waals surface area contributed by atoms with E-state index in [4.69, 9.17) is 0 Å². The molecule has 1 aliphatic carbocycles. The summed E-state index contributed by atoms with van der Waals surface area (Å²) >= 11 is 0. The lowest BCUT2D eigenvalue weighted by atomic mass is 9.98. The largest absolute Gasteiger partial charge is 0.0985 e. The Morgan fingerprint density at radius 1 is 1.20 bits per heavy atom. The summed E-state index contributed by atoms with van der Waals surface area (Å²) in [6.07, 6.45) is 21.1. The number of hydrogen-bond acceptors (Lipinski definition) is 0. The predicted molar refractivity (Wildman–Crippen MR) is 115 cm³/mol. The van der Waals surface area contributed by atoms with Crippen molar-refractivity contribution in [1.29, 1.82) is 0 Å². The third-order valence-electron chi connectivity index (χ3n) is 4.36. The molecule has 0 spiro atoms. The highest BCUT2D eigenvalue weighted by molar-refractivity contribution is 5.73. The molecule has 25 heavy (non-hydrogen) atoms. The van der Waals surface area contributed by atoms with Crippen LogP contribution >= 0.6 is 0 Å². The Bertz CT molecular complexity index is 596. The fraction of sp³-hybridized carbons (Fsp3) is 0.360. The number of allylic oxidation sites excluding steroid dienone is 9. The van der Waals surface area contributed by atoms with Gasteiger partial charge in [0, 0.05) is 0 Å². The standard InChI is InChI=1S/C17H18.C8H16/c1-2-16(17-11-7-4-8-12-17)14-13-15-9-5-3-6-10-15;1-4-6-7-8(3)5-2/h2-5,7-9,11-12,14H,1,6,10,13H2;6-8H,4-5H2,1-3H3/b16-14+;/t;8-/m.1/s1. The molecule has 0 N–H and O–H groups in total. The van der Waals surface area contributed by atoms with Crippen LogP contribution in [0, 0.1) is 5.92 Å². The monoisotopic (exact) mass is 334 g/mol. The molecule has 0 aromatic heterocycles. The van der Waals surface area contributed by atoms with Crippen LogP contribution in [0.2, 0.25) is 0 Å². The first-order chi connectivity index (χ1) is 12.2. The topological polar surface area (TPSA) is 0 Å². The summed E-state index contributed by atoms with van der Waals surface area (Å²) in [5.41, 5.74) is 3.97. The predicted octanol–water partition coefficient (Wildman–Crippen LogP) is 7.92. The summed E-state index contributed by atoms with van der Waals surface area (Å²) in [4.78, 5) is 0. The molecule has 0 aliphatic heterocycles. The van der Waals surface area contributed by atoms with Crippen LogP contribution in [0.15, 0.2) is 85.0 Å². The molecular weight excluding hydrogens is 300 g/mol. The van der Waals surface area contributed by atoms with Crippen molar-refractivity contribution in [3.63, 3.8) is 0 Å². The maximum atomic E-state index is 3.90. The first-order valence-corrected chi connectivity index (χ1v) is 9.60. The molecule has 0 bridgehead atoms. The molecule has 0 nitrogen and oxygen atoms in total. The lowest BCUT2D eigenvalue weighted by molar-refractivity contribution is 0.695. The Balaban J connectivity index is 0.000000333. The Kier molecular flexibility index (Phi) is 11.1. The van der Waals surface area contributed by atoms with Gasteiger partial charge in [-0.1, -0.05) is 112 Å². The lowest BCUT2D eigenvalue weighted by Gasteiger charge is -2.07. The van der Waals surface area contributed by atoms with Gasteiger partial charge in [-0.2, -0.15) is 0 Å². The molecule has 0 amide bonds. The van der Waals surface area contributed by atoms with Gasteiger partial charge in [0.1, 0.15) is 0 Å². The molecule has 134 valence electrons.